The number of benzene rings is 2. The van der Waals surface area contributed by atoms with Crippen molar-refractivity contribution in [1.82, 2.24) is 14.9 Å². The number of nitriles is 1. The third-order valence-corrected chi connectivity index (χ3v) is 7.95. The monoisotopic (exact) mass is 596 g/mol. The molecular weight excluding hydrogens is 565 g/mol. The molecule has 1 N–H and O–H groups in total. The molecule has 1 atom stereocenters. The Morgan fingerprint density at radius 1 is 1.02 bits per heavy atom. The van der Waals surface area contributed by atoms with Gasteiger partial charge in [-0.2, -0.15) is 18.4 Å². The van der Waals surface area contributed by atoms with E-state index in [-0.39, 0.29) is 23.4 Å². The van der Waals surface area contributed by atoms with Crippen molar-refractivity contribution in [3.63, 3.8) is 0 Å². The maximum atomic E-state index is 14.5. The molecule has 0 spiro atoms. The molecule has 4 aromatic rings. The second kappa shape index (κ2) is 13.7. The van der Waals surface area contributed by atoms with Crippen molar-refractivity contribution < 1.29 is 23.1 Å². The summed E-state index contributed by atoms with van der Waals surface area (Å²) in [6, 6.07) is 18.8. The van der Waals surface area contributed by atoms with E-state index < -0.39 is 23.8 Å². The molecule has 0 bridgehead atoms. The summed E-state index contributed by atoms with van der Waals surface area (Å²) in [6.45, 7) is 0.605. The average molecular weight is 597 g/mol. The molecule has 3 heterocycles. The molecule has 1 aliphatic rings. The molecular formula is C35H31F3N4O2. The van der Waals surface area contributed by atoms with E-state index in [4.69, 9.17) is 0 Å². The number of hydrogen-bond acceptors (Lipinski definition) is 5. The second-order valence-corrected chi connectivity index (χ2v) is 10.8. The first-order valence-corrected chi connectivity index (χ1v) is 14.5. The first kappa shape index (κ1) is 30.6. The van der Waals surface area contributed by atoms with Crippen molar-refractivity contribution in [2.45, 2.75) is 50.9 Å². The predicted octanol–water partition coefficient (Wildman–Crippen LogP) is 7.43. The van der Waals surface area contributed by atoms with Crippen LogP contribution in [0.4, 0.5) is 13.2 Å². The maximum Gasteiger partial charge on any atom is 0.416 e. The number of pyridine rings is 2. The summed E-state index contributed by atoms with van der Waals surface area (Å²) in [5.41, 5.74) is 3.19. The van der Waals surface area contributed by atoms with E-state index >= 15 is 0 Å². The van der Waals surface area contributed by atoms with Gasteiger partial charge in [-0.15, -0.1) is 0 Å². The number of piperidine rings is 1. The van der Waals surface area contributed by atoms with Crippen molar-refractivity contribution in [1.29, 1.82) is 5.26 Å². The van der Waals surface area contributed by atoms with Crippen LogP contribution < -0.4 is 0 Å². The summed E-state index contributed by atoms with van der Waals surface area (Å²) < 4.78 is 43.6. The minimum Gasteiger partial charge on any atom is -0.480 e. The summed E-state index contributed by atoms with van der Waals surface area (Å²) in [7, 11) is 0. The molecule has 1 aliphatic heterocycles. The van der Waals surface area contributed by atoms with Gasteiger partial charge in [0, 0.05) is 30.7 Å². The van der Waals surface area contributed by atoms with Gasteiger partial charge in [-0.05, 0) is 84.3 Å². The maximum absolute atomic E-state index is 14.5. The van der Waals surface area contributed by atoms with Crippen molar-refractivity contribution in [3.05, 3.63) is 118 Å². The van der Waals surface area contributed by atoms with Gasteiger partial charge in [0.1, 0.15) is 12.1 Å². The van der Waals surface area contributed by atoms with Gasteiger partial charge in [0.15, 0.2) is 0 Å². The number of carboxylic acids is 1. The van der Waals surface area contributed by atoms with Crippen molar-refractivity contribution in [3.8, 4) is 17.2 Å². The number of halogens is 3. The van der Waals surface area contributed by atoms with Crippen LogP contribution in [-0.4, -0.2) is 38.5 Å². The van der Waals surface area contributed by atoms with Gasteiger partial charge in [0.2, 0.25) is 0 Å². The van der Waals surface area contributed by atoms with E-state index in [1.54, 1.807) is 23.4 Å². The number of rotatable bonds is 9. The first-order chi connectivity index (χ1) is 21.2. The van der Waals surface area contributed by atoms with Crippen LogP contribution in [0.15, 0.2) is 79.3 Å². The van der Waals surface area contributed by atoms with E-state index in [0.717, 1.165) is 30.0 Å². The van der Waals surface area contributed by atoms with E-state index in [1.165, 1.54) is 24.4 Å². The number of aryl methyl sites for hydroxylation is 2. The molecule has 6 nitrogen and oxygen atoms in total. The van der Waals surface area contributed by atoms with Crippen LogP contribution >= 0.6 is 0 Å². The smallest absolute Gasteiger partial charge is 0.416 e. The van der Waals surface area contributed by atoms with Crippen molar-refractivity contribution in [2.75, 3.05) is 6.54 Å². The molecule has 224 valence electrons. The number of nitrogens with zero attached hydrogens (tertiary/aromatic N) is 4. The van der Waals surface area contributed by atoms with E-state index in [9.17, 15) is 28.3 Å². The molecule has 1 fully saturated rings. The third kappa shape index (κ3) is 7.21. The number of aromatic nitrogens is 2. The van der Waals surface area contributed by atoms with Gasteiger partial charge in [-0.3, -0.25) is 19.7 Å². The molecule has 1 unspecified atom stereocenters. The molecule has 0 saturated carbocycles. The number of carbonyl (C=O) groups is 1. The fraction of sp³-hybridized carbons (Fsp3) is 0.257. The predicted molar refractivity (Wildman–Crippen MR) is 162 cm³/mol. The number of alkyl halides is 3. The molecule has 2 aromatic carbocycles. The zero-order valence-corrected chi connectivity index (χ0v) is 24.0. The summed E-state index contributed by atoms with van der Waals surface area (Å²) in [4.78, 5) is 22.2. The van der Waals surface area contributed by atoms with Crippen molar-refractivity contribution in [2.24, 2.45) is 0 Å². The lowest BCUT2D eigenvalue weighted by molar-refractivity contribution is -0.145. The second-order valence-electron chi connectivity index (χ2n) is 10.8. The molecule has 1 saturated heterocycles. The zero-order valence-electron chi connectivity index (χ0n) is 24.0. The van der Waals surface area contributed by atoms with Gasteiger partial charge in [-0.1, -0.05) is 55.0 Å². The van der Waals surface area contributed by atoms with E-state index in [2.05, 4.69) is 16.0 Å². The minimum atomic E-state index is -4.66. The first-order valence-electron chi connectivity index (χ1n) is 14.5. The third-order valence-electron chi connectivity index (χ3n) is 7.95. The van der Waals surface area contributed by atoms with Gasteiger partial charge in [0.25, 0.3) is 0 Å². The Bertz CT molecular complexity index is 1680. The fourth-order valence-electron chi connectivity index (χ4n) is 5.72. The largest absolute Gasteiger partial charge is 0.480 e. The molecule has 5 rings (SSSR count). The Labute approximate surface area is 254 Å². The zero-order chi connectivity index (χ0) is 31.1. The molecule has 0 aliphatic carbocycles. The number of hydrogen-bond donors (Lipinski definition) is 1. The standard InChI is InChI=1S/C35H31F3N4O2/c36-35(37,38)31-20-28(23-42-18-5-4-10-33(42)34(43)44)26(12-11-24-7-6-16-40-22-24)19-27(31)13-14-32-30(21-39)29(15-17-41-32)25-8-2-1-3-9-25/h1-3,6-9,13-17,19-20,22,33H,4-5,10-12,18,23H2,(H,43,44). The minimum absolute atomic E-state index is 0.0494. The molecule has 9 heteroatoms. The number of likely N-dealkylation sites (tertiary alicyclic amines) is 1. The summed E-state index contributed by atoms with van der Waals surface area (Å²) in [5, 5.41) is 19.7. The number of aliphatic carboxylic acids is 1. The van der Waals surface area contributed by atoms with Gasteiger partial charge >= 0.3 is 12.1 Å². The topological polar surface area (TPSA) is 90.1 Å². The lowest BCUT2D eigenvalue weighted by Gasteiger charge is -2.33. The van der Waals surface area contributed by atoms with Crippen LogP contribution in [0.25, 0.3) is 23.3 Å². The Morgan fingerprint density at radius 2 is 1.84 bits per heavy atom. The molecule has 2 aromatic heterocycles. The van der Waals surface area contributed by atoms with Gasteiger partial charge < -0.3 is 5.11 Å². The quantitative estimate of drug-likeness (QED) is 0.216. The Morgan fingerprint density at radius 3 is 2.55 bits per heavy atom. The van der Waals surface area contributed by atoms with Gasteiger partial charge in [0.05, 0.1) is 16.8 Å². The normalized spacial score (nSPS) is 15.7. The van der Waals surface area contributed by atoms with Crippen LogP contribution in [0.3, 0.4) is 0 Å². The summed E-state index contributed by atoms with van der Waals surface area (Å²) in [5.74, 6) is -0.962. The Hall–Kier alpha value is -4.81. The SMILES string of the molecule is N#Cc1c(-c2ccccc2)ccnc1C=Cc1cc(CCc2cccnc2)c(CN2CCCCC2C(=O)O)cc1C(F)(F)F. The lowest BCUT2D eigenvalue weighted by atomic mass is 9.92. The molecule has 44 heavy (non-hydrogen) atoms. The summed E-state index contributed by atoms with van der Waals surface area (Å²) >= 11 is 0. The van der Waals surface area contributed by atoms with Crippen LogP contribution in [0.2, 0.25) is 0 Å². The fourth-order valence-corrected chi connectivity index (χ4v) is 5.72. The molecule has 0 amide bonds. The highest BCUT2D eigenvalue weighted by molar-refractivity contribution is 5.79. The highest BCUT2D eigenvalue weighted by Crippen LogP contribution is 2.36. The lowest BCUT2D eigenvalue weighted by Crippen LogP contribution is -2.44. The highest BCUT2D eigenvalue weighted by Gasteiger charge is 2.35. The summed E-state index contributed by atoms with van der Waals surface area (Å²) in [6.07, 6.45) is 6.08. The highest BCUT2D eigenvalue weighted by atomic mass is 19.4. The van der Waals surface area contributed by atoms with Crippen molar-refractivity contribution >= 4 is 18.1 Å². The van der Waals surface area contributed by atoms with E-state index in [1.807, 2.05) is 42.5 Å². The van der Waals surface area contributed by atoms with Crippen LogP contribution in [-0.2, 0) is 30.4 Å². The molecule has 0 radical (unpaired) electrons. The van der Waals surface area contributed by atoms with Crippen LogP contribution in [0.1, 0.15) is 58.3 Å². The van der Waals surface area contributed by atoms with E-state index in [0.29, 0.717) is 42.5 Å². The Kier molecular flexibility index (Phi) is 9.51. The van der Waals surface area contributed by atoms with Crippen LogP contribution in [0, 0.1) is 11.3 Å². The number of carboxylic acid groups (broad SMARTS) is 1. The van der Waals surface area contributed by atoms with Gasteiger partial charge in [-0.25, -0.2) is 0 Å². The Balaban J connectivity index is 1.57. The average Bonchev–Trinajstić information content (AvgIpc) is 3.03. The van der Waals surface area contributed by atoms with Crippen LogP contribution in [0.5, 0.6) is 0 Å².